The summed E-state index contributed by atoms with van der Waals surface area (Å²) in [6.07, 6.45) is 1.80. The molecular formula is C22H23N5O6. The molecule has 2 aromatic rings. The van der Waals surface area contributed by atoms with Crippen molar-refractivity contribution < 1.29 is 28.7 Å². The smallest absolute Gasteiger partial charge is 0.339 e. The average Bonchev–Trinajstić information content (AvgIpc) is 3.35. The SMILES string of the molecule is COC(=O)c1ccc(C(=O)N2CCCN2C(=O)CNC(=O)CNC(=O)c2ccccc2)nc1. The van der Waals surface area contributed by atoms with E-state index in [4.69, 9.17) is 0 Å². The molecule has 3 rings (SSSR count). The molecule has 0 spiro atoms. The second-order valence-corrected chi connectivity index (χ2v) is 7.05. The summed E-state index contributed by atoms with van der Waals surface area (Å²) in [6.45, 7) is -0.00381. The predicted octanol–water partition coefficient (Wildman–Crippen LogP) is 0.00390. The molecule has 0 atom stereocenters. The van der Waals surface area contributed by atoms with Crippen molar-refractivity contribution in [1.82, 2.24) is 25.6 Å². The Hall–Kier alpha value is -4.28. The van der Waals surface area contributed by atoms with E-state index in [1.165, 1.54) is 35.5 Å². The quantitative estimate of drug-likeness (QED) is 0.563. The van der Waals surface area contributed by atoms with Crippen molar-refractivity contribution in [3.8, 4) is 0 Å². The topological polar surface area (TPSA) is 138 Å². The summed E-state index contributed by atoms with van der Waals surface area (Å²) in [4.78, 5) is 64.9. The number of hydrazine groups is 1. The molecule has 0 unspecified atom stereocenters. The van der Waals surface area contributed by atoms with E-state index < -0.39 is 29.6 Å². The van der Waals surface area contributed by atoms with E-state index in [1.807, 2.05) is 0 Å². The maximum atomic E-state index is 12.8. The van der Waals surface area contributed by atoms with Crippen molar-refractivity contribution in [2.75, 3.05) is 33.3 Å². The van der Waals surface area contributed by atoms with Gasteiger partial charge in [0.15, 0.2) is 0 Å². The lowest BCUT2D eigenvalue weighted by atomic mass is 10.2. The monoisotopic (exact) mass is 453 g/mol. The minimum absolute atomic E-state index is 0.0648. The van der Waals surface area contributed by atoms with Gasteiger partial charge >= 0.3 is 5.97 Å². The number of hydrogen-bond donors (Lipinski definition) is 2. The first kappa shape index (κ1) is 23.4. The Bertz CT molecular complexity index is 1040. The molecule has 1 saturated heterocycles. The summed E-state index contributed by atoms with van der Waals surface area (Å²) in [5.41, 5.74) is 0.682. The number of benzene rings is 1. The third-order valence-corrected chi connectivity index (χ3v) is 4.84. The highest BCUT2D eigenvalue weighted by atomic mass is 16.5. The molecule has 0 radical (unpaired) electrons. The fraction of sp³-hybridized carbons (Fsp3) is 0.273. The van der Waals surface area contributed by atoms with Crippen LogP contribution in [0.25, 0.3) is 0 Å². The van der Waals surface area contributed by atoms with Crippen LogP contribution in [0, 0.1) is 0 Å². The molecule has 2 N–H and O–H groups in total. The Morgan fingerprint density at radius 2 is 1.64 bits per heavy atom. The van der Waals surface area contributed by atoms with Crippen LogP contribution in [-0.4, -0.2) is 77.9 Å². The predicted molar refractivity (Wildman–Crippen MR) is 115 cm³/mol. The largest absolute Gasteiger partial charge is 0.465 e. The summed E-state index contributed by atoms with van der Waals surface area (Å²) >= 11 is 0. The van der Waals surface area contributed by atoms with E-state index in [-0.39, 0.29) is 24.3 Å². The summed E-state index contributed by atoms with van der Waals surface area (Å²) in [7, 11) is 1.24. The lowest BCUT2D eigenvalue weighted by Gasteiger charge is -2.27. The molecular weight excluding hydrogens is 430 g/mol. The number of rotatable bonds is 7. The van der Waals surface area contributed by atoms with Crippen LogP contribution < -0.4 is 10.6 Å². The number of nitrogens with one attached hydrogen (secondary N) is 2. The lowest BCUT2D eigenvalue weighted by Crippen LogP contribution is -2.49. The van der Waals surface area contributed by atoms with Gasteiger partial charge in [0.05, 0.1) is 25.8 Å². The van der Waals surface area contributed by atoms with Crippen LogP contribution >= 0.6 is 0 Å². The maximum Gasteiger partial charge on any atom is 0.339 e. The van der Waals surface area contributed by atoms with E-state index in [0.717, 1.165) is 0 Å². The third kappa shape index (κ3) is 5.91. The van der Waals surface area contributed by atoms with Crippen molar-refractivity contribution in [1.29, 1.82) is 0 Å². The minimum atomic E-state index is -0.574. The van der Waals surface area contributed by atoms with Crippen LogP contribution in [0.15, 0.2) is 48.7 Å². The number of carbonyl (C=O) groups excluding carboxylic acids is 5. The average molecular weight is 453 g/mol. The van der Waals surface area contributed by atoms with Crippen LogP contribution in [0.5, 0.6) is 0 Å². The van der Waals surface area contributed by atoms with E-state index in [9.17, 15) is 24.0 Å². The molecule has 1 aromatic carbocycles. The van der Waals surface area contributed by atoms with Gasteiger partial charge in [-0.3, -0.25) is 24.2 Å². The Balaban J connectivity index is 1.50. The molecule has 11 nitrogen and oxygen atoms in total. The van der Waals surface area contributed by atoms with Gasteiger partial charge in [-0.2, -0.15) is 0 Å². The Kier molecular flexibility index (Phi) is 7.68. The Morgan fingerprint density at radius 3 is 2.30 bits per heavy atom. The van der Waals surface area contributed by atoms with E-state index in [1.54, 1.807) is 30.3 Å². The Morgan fingerprint density at radius 1 is 0.909 bits per heavy atom. The van der Waals surface area contributed by atoms with Gasteiger partial charge in [-0.1, -0.05) is 18.2 Å². The van der Waals surface area contributed by atoms with Crippen LogP contribution in [0.1, 0.15) is 37.6 Å². The highest BCUT2D eigenvalue weighted by molar-refractivity contribution is 5.97. The van der Waals surface area contributed by atoms with Crippen molar-refractivity contribution >= 4 is 29.6 Å². The zero-order valence-electron chi connectivity index (χ0n) is 17.9. The summed E-state index contributed by atoms with van der Waals surface area (Å²) in [5, 5.41) is 7.42. The maximum absolute atomic E-state index is 12.8. The summed E-state index contributed by atoms with van der Waals surface area (Å²) in [6, 6.07) is 11.2. The van der Waals surface area contributed by atoms with Gasteiger partial charge in [-0.15, -0.1) is 0 Å². The van der Waals surface area contributed by atoms with Gasteiger partial charge in [-0.25, -0.2) is 14.8 Å². The fourth-order valence-corrected chi connectivity index (χ4v) is 3.15. The van der Waals surface area contributed by atoms with Crippen LogP contribution in [0.4, 0.5) is 0 Å². The number of aromatic nitrogens is 1. The fourth-order valence-electron chi connectivity index (χ4n) is 3.15. The molecule has 0 aliphatic carbocycles. The molecule has 0 bridgehead atoms. The molecule has 172 valence electrons. The van der Waals surface area contributed by atoms with E-state index >= 15 is 0 Å². The second kappa shape index (κ2) is 10.8. The number of esters is 1. The van der Waals surface area contributed by atoms with Gasteiger partial charge in [0, 0.05) is 24.8 Å². The molecule has 4 amide bonds. The minimum Gasteiger partial charge on any atom is -0.465 e. The first-order valence-corrected chi connectivity index (χ1v) is 10.2. The van der Waals surface area contributed by atoms with Crippen molar-refractivity contribution in [2.24, 2.45) is 0 Å². The number of hydrogen-bond acceptors (Lipinski definition) is 7. The molecule has 0 saturated carbocycles. The second-order valence-electron chi connectivity index (χ2n) is 7.05. The van der Waals surface area contributed by atoms with Gasteiger partial charge in [0.1, 0.15) is 5.69 Å². The number of ether oxygens (including phenoxy) is 1. The highest BCUT2D eigenvalue weighted by Gasteiger charge is 2.32. The molecule has 33 heavy (non-hydrogen) atoms. The Labute approximate surface area is 189 Å². The first-order chi connectivity index (χ1) is 15.9. The highest BCUT2D eigenvalue weighted by Crippen LogP contribution is 2.15. The van der Waals surface area contributed by atoms with E-state index in [0.29, 0.717) is 25.1 Å². The number of pyridine rings is 1. The number of carbonyl (C=O) groups is 5. The van der Waals surface area contributed by atoms with Gasteiger partial charge in [0.25, 0.3) is 17.7 Å². The normalized spacial score (nSPS) is 12.8. The number of nitrogens with zero attached hydrogens (tertiary/aromatic N) is 3. The van der Waals surface area contributed by atoms with Crippen molar-refractivity contribution in [3.05, 3.63) is 65.5 Å². The van der Waals surface area contributed by atoms with Gasteiger partial charge < -0.3 is 15.4 Å². The zero-order chi connectivity index (χ0) is 23.8. The van der Waals surface area contributed by atoms with Crippen molar-refractivity contribution in [2.45, 2.75) is 6.42 Å². The summed E-state index contributed by atoms with van der Waals surface area (Å²) in [5.74, 6) is -2.49. The van der Waals surface area contributed by atoms with Crippen molar-refractivity contribution in [3.63, 3.8) is 0 Å². The zero-order valence-corrected chi connectivity index (χ0v) is 17.9. The molecule has 1 aliphatic heterocycles. The molecule has 2 heterocycles. The van der Waals surface area contributed by atoms with Gasteiger partial charge in [0.2, 0.25) is 5.91 Å². The molecule has 1 aliphatic rings. The number of methoxy groups -OCH3 is 1. The van der Waals surface area contributed by atoms with Crippen LogP contribution in [0.2, 0.25) is 0 Å². The standard InChI is InChI=1S/C22H23N5O6/c1-33-22(32)16-8-9-17(23-12-16)21(31)27-11-5-10-26(27)19(29)14-24-18(28)13-25-20(30)15-6-3-2-4-7-15/h2-4,6-9,12H,5,10-11,13-14H2,1H3,(H,24,28)(H,25,30). The number of amides is 4. The first-order valence-electron chi connectivity index (χ1n) is 10.2. The molecule has 1 fully saturated rings. The molecule has 11 heteroatoms. The summed E-state index contributed by atoms with van der Waals surface area (Å²) < 4.78 is 4.60. The lowest BCUT2D eigenvalue weighted by molar-refractivity contribution is -0.140. The van der Waals surface area contributed by atoms with Crippen LogP contribution in [0.3, 0.4) is 0 Å². The van der Waals surface area contributed by atoms with Gasteiger partial charge in [-0.05, 0) is 30.7 Å². The molecule has 1 aromatic heterocycles. The van der Waals surface area contributed by atoms with Crippen LogP contribution in [-0.2, 0) is 14.3 Å². The third-order valence-electron chi connectivity index (χ3n) is 4.84. The van der Waals surface area contributed by atoms with E-state index in [2.05, 4.69) is 20.4 Å².